The smallest absolute Gasteiger partial charge is 0.332 e. The first-order chi connectivity index (χ1) is 13.0. The zero-order valence-electron chi connectivity index (χ0n) is 18.4. The Kier molecular flexibility index (Phi) is 13.5. The Hall–Kier alpha value is -1.01. The van der Waals surface area contributed by atoms with Crippen LogP contribution >= 0.6 is 0 Å². The zero-order chi connectivity index (χ0) is 21.6. The van der Waals surface area contributed by atoms with Crippen LogP contribution in [-0.4, -0.2) is 61.3 Å². The average molecular weight is 435 g/mol. The van der Waals surface area contributed by atoms with Gasteiger partial charge < -0.3 is 23.1 Å². The van der Waals surface area contributed by atoms with E-state index in [0.29, 0.717) is 26.4 Å². The molecule has 0 saturated carbocycles. The van der Waals surface area contributed by atoms with Crippen LogP contribution in [0.5, 0.6) is 0 Å². The third-order valence-corrected chi connectivity index (χ3v) is 11.4. The van der Waals surface area contributed by atoms with Gasteiger partial charge in [0.2, 0.25) is 0 Å². The molecule has 9 heteroatoms. The van der Waals surface area contributed by atoms with E-state index < -0.39 is 28.9 Å². The molecule has 1 unspecified atom stereocenters. The molecule has 0 aliphatic carbocycles. The highest BCUT2D eigenvalue weighted by Gasteiger charge is 2.32. The van der Waals surface area contributed by atoms with Crippen molar-refractivity contribution in [1.29, 1.82) is 0 Å². The van der Waals surface area contributed by atoms with Crippen LogP contribution in [0.3, 0.4) is 0 Å². The van der Waals surface area contributed by atoms with E-state index in [0.717, 1.165) is 31.0 Å². The molecule has 28 heavy (non-hydrogen) atoms. The lowest BCUT2D eigenvalue weighted by Crippen LogP contribution is -2.44. The number of carbonyl (C=O) groups excluding carboxylic acids is 2. The molecule has 0 N–H and O–H groups in total. The molecule has 164 valence electrons. The highest BCUT2D eigenvalue weighted by molar-refractivity contribution is 6.84. The maximum Gasteiger partial charge on any atom is 0.332 e. The first-order valence-corrected chi connectivity index (χ1v) is 16.1. The molecular formula is C19H38O7Si2. The summed E-state index contributed by atoms with van der Waals surface area (Å²) < 4.78 is 27.4. The van der Waals surface area contributed by atoms with Crippen LogP contribution in [-0.2, 0) is 32.7 Å². The molecule has 0 radical (unpaired) electrons. The molecular weight excluding hydrogens is 396 g/mol. The van der Waals surface area contributed by atoms with Crippen molar-refractivity contribution in [2.24, 2.45) is 0 Å². The van der Waals surface area contributed by atoms with E-state index in [9.17, 15) is 9.59 Å². The number of ether oxygens (including phenoxy) is 4. The minimum Gasteiger partial charge on any atom is -0.463 e. The van der Waals surface area contributed by atoms with E-state index in [1.165, 1.54) is 6.92 Å². The van der Waals surface area contributed by atoms with Crippen LogP contribution in [0.4, 0.5) is 0 Å². The lowest BCUT2D eigenvalue weighted by atomic mass is 10.5. The predicted octanol–water partition coefficient (Wildman–Crippen LogP) is 3.86. The van der Waals surface area contributed by atoms with Crippen molar-refractivity contribution >= 4 is 28.6 Å². The van der Waals surface area contributed by atoms with E-state index in [1.54, 1.807) is 6.92 Å². The zero-order valence-corrected chi connectivity index (χ0v) is 20.4. The number of hydrogen-bond acceptors (Lipinski definition) is 7. The molecule has 7 nitrogen and oxygen atoms in total. The third kappa shape index (κ3) is 16.0. The molecule has 0 saturated heterocycles. The maximum atomic E-state index is 11.1. The van der Waals surface area contributed by atoms with E-state index in [-0.39, 0.29) is 5.97 Å². The summed E-state index contributed by atoms with van der Waals surface area (Å²) in [5, 5.41) is 0. The number of hydrogen-bond donors (Lipinski definition) is 0. The van der Waals surface area contributed by atoms with Crippen molar-refractivity contribution in [3.8, 4) is 0 Å². The van der Waals surface area contributed by atoms with Crippen LogP contribution in [0.2, 0.25) is 38.3 Å². The fourth-order valence-corrected chi connectivity index (χ4v) is 11.6. The van der Waals surface area contributed by atoms with Crippen molar-refractivity contribution in [1.82, 2.24) is 0 Å². The minimum atomic E-state index is -1.78. The Morgan fingerprint density at radius 2 is 1.54 bits per heavy atom. The van der Waals surface area contributed by atoms with Gasteiger partial charge in [0.25, 0.3) is 0 Å². The van der Waals surface area contributed by atoms with Crippen molar-refractivity contribution < 1.29 is 32.7 Å². The van der Waals surface area contributed by atoms with Gasteiger partial charge in [-0.1, -0.05) is 6.58 Å². The molecule has 0 fully saturated rings. The first kappa shape index (κ1) is 27.0. The van der Waals surface area contributed by atoms with Gasteiger partial charge in [0.15, 0.2) is 22.9 Å². The van der Waals surface area contributed by atoms with Crippen molar-refractivity contribution in [3.63, 3.8) is 0 Å². The second-order valence-electron chi connectivity index (χ2n) is 7.86. The van der Waals surface area contributed by atoms with E-state index in [1.807, 2.05) is 0 Å². The molecule has 0 spiro atoms. The molecule has 0 rings (SSSR count). The third-order valence-electron chi connectivity index (χ3n) is 3.88. The predicted molar refractivity (Wildman–Crippen MR) is 114 cm³/mol. The Balaban J connectivity index is 3.97. The van der Waals surface area contributed by atoms with Gasteiger partial charge in [0.1, 0.15) is 6.61 Å². The fraction of sp³-hybridized carbons (Fsp3) is 0.789. The van der Waals surface area contributed by atoms with Gasteiger partial charge >= 0.3 is 11.9 Å². The summed E-state index contributed by atoms with van der Waals surface area (Å²) >= 11 is 0. The monoisotopic (exact) mass is 434 g/mol. The highest BCUT2D eigenvalue weighted by Crippen LogP contribution is 2.23. The molecule has 1 atom stereocenters. The van der Waals surface area contributed by atoms with Gasteiger partial charge in [-0.05, 0) is 58.0 Å². The second kappa shape index (κ2) is 14.1. The molecule has 0 heterocycles. The Labute approximate surface area is 172 Å². The van der Waals surface area contributed by atoms with E-state index in [4.69, 9.17) is 23.1 Å². The first-order valence-electron chi connectivity index (χ1n) is 9.83. The largest absolute Gasteiger partial charge is 0.463 e. The van der Waals surface area contributed by atoms with Crippen LogP contribution in [0.15, 0.2) is 12.7 Å². The number of rotatable bonds is 16. The molecule has 0 aliphatic rings. The van der Waals surface area contributed by atoms with Crippen molar-refractivity contribution in [3.05, 3.63) is 12.7 Å². The Morgan fingerprint density at radius 3 is 2.07 bits per heavy atom. The summed E-state index contributed by atoms with van der Waals surface area (Å²) in [6.45, 7) is 17.3. The topological polar surface area (TPSA) is 80.3 Å². The van der Waals surface area contributed by atoms with E-state index >= 15 is 0 Å². The molecule has 0 aliphatic heterocycles. The summed E-state index contributed by atoms with van der Waals surface area (Å²) in [6, 6.07) is 2.02. The number of esters is 2. The lowest BCUT2D eigenvalue weighted by molar-refractivity contribution is -0.168. The second-order valence-corrected chi connectivity index (χ2v) is 16.7. The van der Waals surface area contributed by atoms with Gasteiger partial charge in [-0.15, -0.1) is 0 Å². The Morgan fingerprint density at radius 1 is 0.964 bits per heavy atom. The molecule has 0 aromatic carbocycles. The fourth-order valence-electron chi connectivity index (χ4n) is 2.79. The van der Waals surface area contributed by atoms with Gasteiger partial charge in [0.05, 0.1) is 13.2 Å². The summed E-state index contributed by atoms with van der Waals surface area (Å²) in [5.74, 6) is -0.760. The van der Waals surface area contributed by atoms with Crippen LogP contribution in [0, 0.1) is 0 Å². The van der Waals surface area contributed by atoms with Gasteiger partial charge in [-0.3, -0.25) is 4.79 Å². The van der Waals surface area contributed by atoms with Crippen molar-refractivity contribution in [2.75, 3.05) is 26.4 Å². The Bertz CT molecular complexity index is 481. The quantitative estimate of drug-likeness (QED) is 0.120. The minimum absolute atomic E-state index is 0.282. The van der Waals surface area contributed by atoms with Gasteiger partial charge in [-0.25, -0.2) is 4.79 Å². The summed E-state index contributed by atoms with van der Waals surface area (Å²) in [4.78, 5) is 21.8. The van der Waals surface area contributed by atoms with Crippen LogP contribution < -0.4 is 0 Å². The van der Waals surface area contributed by atoms with Gasteiger partial charge in [-0.2, -0.15) is 0 Å². The molecule has 0 bridgehead atoms. The standard InChI is InChI=1S/C19H38O7Si2/c1-8-19(21)25-18(3)24-12-10-16-28(6,7)26-27(4,5)15-9-11-22-13-14-23-17(2)20/h8,18H,1,9-16H2,2-7H3. The van der Waals surface area contributed by atoms with Crippen molar-refractivity contribution in [2.45, 2.75) is 71.3 Å². The molecule has 0 aromatic rings. The summed E-state index contributed by atoms with van der Waals surface area (Å²) in [7, 11) is -3.54. The number of carbonyl (C=O) groups is 2. The molecule has 0 aromatic heterocycles. The maximum absolute atomic E-state index is 11.1. The lowest BCUT2D eigenvalue weighted by Gasteiger charge is -2.34. The average Bonchev–Trinajstić information content (AvgIpc) is 2.56. The normalized spacial score (nSPS) is 13.1. The highest BCUT2D eigenvalue weighted by atomic mass is 28.4. The SMILES string of the molecule is C=CC(=O)OC(C)OCCC[Si](C)(C)O[Si](C)(C)CCCOCCOC(C)=O. The van der Waals surface area contributed by atoms with Gasteiger partial charge in [0, 0.05) is 19.6 Å². The summed E-state index contributed by atoms with van der Waals surface area (Å²) in [5.41, 5.74) is 0. The summed E-state index contributed by atoms with van der Waals surface area (Å²) in [6.07, 6.45) is 2.38. The van der Waals surface area contributed by atoms with E-state index in [2.05, 4.69) is 32.8 Å². The van der Waals surface area contributed by atoms with Crippen LogP contribution in [0.1, 0.15) is 26.7 Å². The molecule has 0 amide bonds. The van der Waals surface area contributed by atoms with Crippen LogP contribution in [0.25, 0.3) is 0 Å².